The van der Waals surface area contributed by atoms with Gasteiger partial charge in [-0.1, -0.05) is 6.07 Å². The van der Waals surface area contributed by atoms with Crippen LogP contribution < -0.4 is 16.0 Å². The zero-order valence-electron chi connectivity index (χ0n) is 11.6. The third-order valence-corrected chi connectivity index (χ3v) is 2.66. The molecule has 9 heteroatoms. The van der Waals surface area contributed by atoms with Crippen molar-refractivity contribution in [2.75, 3.05) is 18.9 Å². The Labute approximate surface area is 120 Å². The smallest absolute Gasteiger partial charge is 0.319 e. The summed E-state index contributed by atoms with van der Waals surface area (Å²) in [6.07, 6.45) is 0. The number of nitrogens with zero attached hydrogens (tertiary/aromatic N) is 4. The number of hydrogen-bond acceptors (Lipinski definition) is 5. The van der Waals surface area contributed by atoms with Crippen LogP contribution >= 0.6 is 0 Å². The van der Waals surface area contributed by atoms with Crippen LogP contribution in [-0.2, 0) is 4.79 Å². The molecule has 1 aromatic carbocycles. The monoisotopic (exact) mass is 289 g/mol. The highest BCUT2D eigenvalue weighted by Crippen LogP contribution is 2.14. The molecule has 21 heavy (non-hydrogen) atoms. The van der Waals surface area contributed by atoms with Crippen molar-refractivity contribution in [1.29, 1.82) is 0 Å². The van der Waals surface area contributed by atoms with Crippen LogP contribution in [0.3, 0.4) is 0 Å². The van der Waals surface area contributed by atoms with E-state index in [0.717, 1.165) is 5.69 Å². The number of likely N-dealkylation sites (N-methyl/N-ethyl adjacent to an activating group) is 1. The summed E-state index contributed by atoms with van der Waals surface area (Å²) in [7, 11) is 1.50. The Kier molecular flexibility index (Phi) is 4.44. The molecule has 0 atom stereocenters. The van der Waals surface area contributed by atoms with Gasteiger partial charge in [0.2, 0.25) is 5.91 Å². The number of urea groups is 1. The molecular weight excluding hydrogens is 274 g/mol. The van der Waals surface area contributed by atoms with Gasteiger partial charge < -0.3 is 16.0 Å². The molecule has 3 N–H and O–H groups in total. The Morgan fingerprint density at radius 3 is 2.81 bits per heavy atom. The van der Waals surface area contributed by atoms with Crippen molar-refractivity contribution < 1.29 is 9.59 Å². The van der Waals surface area contributed by atoms with Crippen LogP contribution in [-0.4, -0.2) is 45.7 Å². The maximum absolute atomic E-state index is 11.6. The predicted octanol–water partition coefficient (Wildman–Crippen LogP) is -0.162. The molecule has 0 saturated carbocycles. The molecule has 0 aliphatic heterocycles. The summed E-state index contributed by atoms with van der Waals surface area (Å²) in [6, 6.07) is 6.57. The van der Waals surface area contributed by atoms with Gasteiger partial charge in [0.1, 0.15) is 0 Å². The molecule has 0 aliphatic rings. The first kappa shape index (κ1) is 14.4. The highest BCUT2D eigenvalue weighted by molar-refractivity contribution is 5.92. The molecule has 0 spiro atoms. The number of tetrazole rings is 1. The standard InChI is InChI=1S/C12H15N7O2/c1-8-16-17-18-19(8)10-5-3-4-9(6-10)15-12(21)14-7-11(20)13-2/h3-6H,7H2,1-2H3,(H,13,20)(H2,14,15,21). The first-order chi connectivity index (χ1) is 10.1. The molecule has 0 bridgehead atoms. The van der Waals surface area contributed by atoms with Crippen molar-refractivity contribution in [3.63, 3.8) is 0 Å². The molecule has 0 fully saturated rings. The molecule has 0 saturated heterocycles. The second kappa shape index (κ2) is 6.46. The van der Waals surface area contributed by atoms with Crippen LogP contribution in [0.25, 0.3) is 5.69 Å². The average molecular weight is 289 g/mol. The summed E-state index contributed by atoms with van der Waals surface area (Å²) >= 11 is 0. The number of carbonyl (C=O) groups is 2. The van der Waals surface area contributed by atoms with Crippen LogP contribution in [0, 0.1) is 6.92 Å². The van der Waals surface area contributed by atoms with Gasteiger partial charge in [-0.05, 0) is 35.5 Å². The summed E-state index contributed by atoms with van der Waals surface area (Å²) in [5.41, 5.74) is 1.29. The van der Waals surface area contributed by atoms with Gasteiger partial charge in [0.05, 0.1) is 12.2 Å². The predicted molar refractivity (Wildman–Crippen MR) is 75.0 cm³/mol. The topological polar surface area (TPSA) is 114 Å². The summed E-state index contributed by atoms with van der Waals surface area (Å²) in [6.45, 7) is 1.68. The maximum Gasteiger partial charge on any atom is 0.319 e. The van der Waals surface area contributed by atoms with Crippen LogP contribution in [0.2, 0.25) is 0 Å². The van der Waals surface area contributed by atoms with E-state index in [1.165, 1.54) is 7.05 Å². The van der Waals surface area contributed by atoms with Crippen molar-refractivity contribution in [2.45, 2.75) is 6.92 Å². The fourth-order valence-corrected chi connectivity index (χ4v) is 1.61. The van der Waals surface area contributed by atoms with Gasteiger partial charge in [-0.15, -0.1) is 5.10 Å². The normalized spacial score (nSPS) is 10.0. The second-order valence-corrected chi connectivity index (χ2v) is 4.17. The van der Waals surface area contributed by atoms with E-state index in [0.29, 0.717) is 11.5 Å². The third-order valence-electron chi connectivity index (χ3n) is 2.66. The van der Waals surface area contributed by atoms with Gasteiger partial charge >= 0.3 is 6.03 Å². The van der Waals surface area contributed by atoms with Gasteiger partial charge in [0, 0.05) is 12.7 Å². The van der Waals surface area contributed by atoms with E-state index in [2.05, 4.69) is 31.5 Å². The van der Waals surface area contributed by atoms with E-state index >= 15 is 0 Å². The molecule has 9 nitrogen and oxygen atoms in total. The second-order valence-electron chi connectivity index (χ2n) is 4.17. The van der Waals surface area contributed by atoms with Gasteiger partial charge in [-0.3, -0.25) is 4.79 Å². The lowest BCUT2D eigenvalue weighted by atomic mass is 10.3. The number of carbonyl (C=O) groups excluding carboxylic acids is 2. The quantitative estimate of drug-likeness (QED) is 0.723. The largest absolute Gasteiger partial charge is 0.358 e. The van der Waals surface area contributed by atoms with Gasteiger partial charge in [-0.25, -0.2) is 4.79 Å². The maximum atomic E-state index is 11.6. The van der Waals surface area contributed by atoms with Crippen molar-refractivity contribution in [3.05, 3.63) is 30.1 Å². The van der Waals surface area contributed by atoms with Crippen LogP contribution in [0.5, 0.6) is 0 Å². The molecule has 1 heterocycles. The van der Waals surface area contributed by atoms with E-state index in [4.69, 9.17) is 0 Å². The number of nitrogens with one attached hydrogen (secondary N) is 3. The lowest BCUT2D eigenvalue weighted by Crippen LogP contribution is -2.37. The Morgan fingerprint density at radius 2 is 2.14 bits per heavy atom. The average Bonchev–Trinajstić information content (AvgIpc) is 2.91. The van der Waals surface area contributed by atoms with E-state index in [-0.39, 0.29) is 12.5 Å². The molecule has 2 rings (SSSR count). The van der Waals surface area contributed by atoms with Gasteiger partial charge in [-0.2, -0.15) is 4.68 Å². The number of anilines is 1. The van der Waals surface area contributed by atoms with E-state index < -0.39 is 6.03 Å². The van der Waals surface area contributed by atoms with E-state index in [9.17, 15) is 9.59 Å². The molecule has 1 aromatic heterocycles. The number of aromatic nitrogens is 4. The lowest BCUT2D eigenvalue weighted by Gasteiger charge is -2.08. The highest BCUT2D eigenvalue weighted by Gasteiger charge is 2.07. The number of benzene rings is 1. The Bertz CT molecular complexity index is 653. The highest BCUT2D eigenvalue weighted by atomic mass is 16.2. The van der Waals surface area contributed by atoms with Crippen molar-refractivity contribution in [2.24, 2.45) is 0 Å². The van der Waals surface area contributed by atoms with Gasteiger partial charge in [0.25, 0.3) is 0 Å². The minimum Gasteiger partial charge on any atom is -0.358 e. The number of rotatable bonds is 4. The molecular formula is C12H15N7O2. The zero-order chi connectivity index (χ0) is 15.2. The van der Waals surface area contributed by atoms with Crippen molar-refractivity contribution in [1.82, 2.24) is 30.8 Å². The number of aryl methyl sites for hydroxylation is 1. The molecule has 2 aromatic rings. The Balaban J connectivity index is 2.03. The van der Waals surface area contributed by atoms with Crippen molar-refractivity contribution >= 4 is 17.6 Å². The van der Waals surface area contributed by atoms with Crippen LogP contribution in [0.1, 0.15) is 5.82 Å². The van der Waals surface area contributed by atoms with E-state index in [1.54, 1.807) is 29.8 Å². The fourth-order valence-electron chi connectivity index (χ4n) is 1.61. The lowest BCUT2D eigenvalue weighted by molar-refractivity contribution is -0.119. The van der Waals surface area contributed by atoms with Crippen molar-refractivity contribution in [3.8, 4) is 5.69 Å². The number of hydrogen-bond donors (Lipinski definition) is 3. The molecule has 0 aliphatic carbocycles. The molecule has 110 valence electrons. The minimum atomic E-state index is -0.468. The van der Waals surface area contributed by atoms with E-state index in [1.807, 2.05) is 6.07 Å². The summed E-state index contributed by atoms with van der Waals surface area (Å²) in [5.74, 6) is 0.361. The molecule has 3 amide bonds. The summed E-state index contributed by atoms with van der Waals surface area (Å²) in [5, 5.41) is 18.7. The summed E-state index contributed by atoms with van der Waals surface area (Å²) < 4.78 is 1.55. The Hall–Kier alpha value is -2.97. The fraction of sp³-hybridized carbons (Fsp3) is 0.250. The Morgan fingerprint density at radius 1 is 1.33 bits per heavy atom. The van der Waals surface area contributed by atoms with Crippen LogP contribution in [0.4, 0.5) is 10.5 Å². The SMILES string of the molecule is CNC(=O)CNC(=O)Nc1cccc(-n2nnnc2C)c1. The summed E-state index contributed by atoms with van der Waals surface area (Å²) in [4.78, 5) is 22.7. The molecule has 0 radical (unpaired) electrons. The molecule has 0 unspecified atom stereocenters. The third kappa shape index (κ3) is 3.75. The number of amides is 3. The first-order valence-corrected chi connectivity index (χ1v) is 6.21. The minimum absolute atomic E-state index is 0.0892. The van der Waals surface area contributed by atoms with Gasteiger partial charge in [0.15, 0.2) is 5.82 Å². The van der Waals surface area contributed by atoms with Crippen LogP contribution in [0.15, 0.2) is 24.3 Å². The first-order valence-electron chi connectivity index (χ1n) is 6.21. The zero-order valence-corrected chi connectivity index (χ0v) is 11.6.